The molecule has 1 unspecified atom stereocenters. The molecule has 0 amide bonds. The molecule has 1 N–H and O–H groups in total. The number of para-hydroxylation sites is 1. The fourth-order valence-corrected chi connectivity index (χ4v) is 3.08. The number of aliphatic hydroxyl groups is 1. The number of fused-ring (bicyclic) bond motifs is 1. The summed E-state index contributed by atoms with van der Waals surface area (Å²) in [5.41, 5.74) is 1.23. The van der Waals surface area contributed by atoms with Gasteiger partial charge in [0, 0.05) is 23.7 Å². The topological polar surface area (TPSA) is 32.7 Å². The average Bonchev–Trinajstić information content (AvgIpc) is 2.37. The zero-order chi connectivity index (χ0) is 13.0. The minimum absolute atomic E-state index is 0.170. The van der Waals surface area contributed by atoms with Gasteiger partial charge in [-0.1, -0.05) is 12.1 Å². The Balaban J connectivity index is 1.94. The van der Waals surface area contributed by atoms with Gasteiger partial charge in [0.05, 0.1) is 24.5 Å². The molecule has 3 nitrogen and oxygen atoms in total. The first-order chi connectivity index (χ1) is 8.66. The minimum atomic E-state index is -0.427. The van der Waals surface area contributed by atoms with Crippen molar-refractivity contribution in [2.45, 2.75) is 31.0 Å². The molecule has 0 saturated carbocycles. The van der Waals surface area contributed by atoms with Crippen LogP contribution in [0.2, 0.25) is 0 Å². The van der Waals surface area contributed by atoms with Gasteiger partial charge in [-0.3, -0.25) is 0 Å². The Kier molecular flexibility index (Phi) is 4.92. The van der Waals surface area contributed by atoms with Crippen LogP contribution < -0.4 is 4.90 Å². The van der Waals surface area contributed by atoms with Gasteiger partial charge >= 0.3 is 0 Å². The number of nitrogens with zero attached hydrogens (tertiary/aromatic N) is 1. The van der Waals surface area contributed by atoms with E-state index in [0.29, 0.717) is 13.2 Å². The lowest BCUT2D eigenvalue weighted by atomic mass is 10.2. The first-order valence-electron chi connectivity index (χ1n) is 6.43. The van der Waals surface area contributed by atoms with Gasteiger partial charge in [-0.05, 0) is 26.0 Å². The van der Waals surface area contributed by atoms with E-state index in [4.69, 9.17) is 4.74 Å². The zero-order valence-electron chi connectivity index (χ0n) is 11.0. The highest BCUT2D eigenvalue weighted by molar-refractivity contribution is 7.99. The third-order valence-electron chi connectivity index (χ3n) is 2.88. The number of anilines is 1. The monoisotopic (exact) mass is 267 g/mol. The van der Waals surface area contributed by atoms with Crippen LogP contribution in [0.25, 0.3) is 0 Å². The number of ether oxygens (including phenoxy) is 1. The van der Waals surface area contributed by atoms with Crippen LogP contribution >= 0.6 is 11.8 Å². The number of aliphatic hydroxyl groups excluding tert-OH is 1. The molecule has 18 heavy (non-hydrogen) atoms. The highest BCUT2D eigenvalue weighted by Gasteiger charge is 2.19. The summed E-state index contributed by atoms with van der Waals surface area (Å²) in [5.74, 6) is 1.08. The van der Waals surface area contributed by atoms with Crippen LogP contribution in [-0.2, 0) is 4.74 Å². The van der Waals surface area contributed by atoms with E-state index >= 15 is 0 Å². The predicted molar refractivity (Wildman–Crippen MR) is 76.5 cm³/mol. The highest BCUT2D eigenvalue weighted by Crippen LogP contribution is 2.34. The van der Waals surface area contributed by atoms with Gasteiger partial charge < -0.3 is 14.7 Å². The molecular weight excluding hydrogens is 246 g/mol. The van der Waals surface area contributed by atoms with Crippen LogP contribution in [0, 0.1) is 0 Å². The maximum Gasteiger partial charge on any atom is 0.0948 e. The van der Waals surface area contributed by atoms with Crippen LogP contribution in [0.4, 0.5) is 5.69 Å². The van der Waals surface area contributed by atoms with Gasteiger partial charge in [0.1, 0.15) is 0 Å². The molecule has 0 bridgehead atoms. The molecule has 0 aromatic heterocycles. The van der Waals surface area contributed by atoms with Crippen molar-refractivity contribution in [3.05, 3.63) is 24.3 Å². The number of β-amino-alcohol motifs (C(OH)–C–C–N with tert-alkyl or cyclic N) is 1. The maximum atomic E-state index is 10.0. The molecule has 0 fully saturated rings. The second kappa shape index (κ2) is 6.45. The van der Waals surface area contributed by atoms with E-state index in [0.717, 1.165) is 12.3 Å². The Morgan fingerprint density at radius 2 is 2.17 bits per heavy atom. The minimum Gasteiger partial charge on any atom is -0.389 e. The summed E-state index contributed by atoms with van der Waals surface area (Å²) in [6, 6.07) is 8.38. The highest BCUT2D eigenvalue weighted by atomic mass is 32.2. The van der Waals surface area contributed by atoms with Crippen LogP contribution in [0.3, 0.4) is 0 Å². The lowest BCUT2D eigenvalue weighted by molar-refractivity contribution is 0.00893. The molecule has 1 atom stereocenters. The third-order valence-corrected chi connectivity index (χ3v) is 3.92. The molecule has 1 aliphatic heterocycles. The average molecular weight is 267 g/mol. The van der Waals surface area contributed by atoms with Crippen molar-refractivity contribution in [2.75, 3.05) is 30.3 Å². The summed E-state index contributed by atoms with van der Waals surface area (Å²) >= 11 is 1.88. The smallest absolute Gasteiger partial charge is 0.0948 e. The van der Waals surface area contributed by atoms with Crippen molar-refractivity contribution in [1.29, 1.82) is 0 Å². The molecule has 0 radical (unpaired) electrons. The number of hydrogen-bond acceptors (Lipinski definition) is 4. The van der Waals surface area contributed by atoms with Gasteiger partial charge in [0.25, 0.3) is 0 Å². The van der Waals surface area contributed by atoms with E-state index in [1.165, 1.54) is 10.6 Å². The Morgan fingerprint density at radius 3 is 2.94 bits per heavy atom. The van der Waals surface area contributed by atoms with E-state index in [1.807, 2.05) is 25.6 Å². The standard InChI is InChI=1S/C14H21NO2S/c1-11(2)17-10-12(16)9-15-7-8-18-14-6-4-3-5-13(14)15/h3-6,11-12,16H,7-10H2,1-2H3. The Bertz CT molecular complexity index is 384. The first-order valence-corrected chi connectivity index (χ1v) is 7.42. The second-order valence-electron chi connectivity index (χ2n) is 4.80. The first kappa shape index (κ1) is 13.7. The van der Waals surface area contributed by atoms with Gasteiger partial charge in [-0.25, -0.2) is 0 Å². The Hall–Kier alpha value is -0.710. The lowest BCUT2D eigenvalue weighted by Gasteiger charge is -2.32. The normalized spacial score (nSPS) is 16.8. The number of benzene rings is 1. The van der Waals surface area contributed by atoms with E-state index < -0.39 is 6.10 Å². The van der Waals surface area contributed by atoms with Crippen molar-refractivity contribution < 1.29 is 9.84 Å². The molecule has 1 aromatic rings. The number of thioether (sulfide) groups is 1. The van der Waals surface area contributed by atoms with Crippen LogP contribution in [0.1, 0.15) is 13.8 Å². The van der Waals surface area contributed by atoms with Crippen LogP contribution in [0.15, 0.2) is 29.2 Å². The second-order valence-corrected chi connectivity index (χ2v) is 5.93. The molecular formula is C14H21NO2S. The van der Waals surface area contributed by atoms with Crippen molar-refractivity contribution >= 4 is 17.4 Å². The zero-order valence-corrected chi connectivity index (χ0v) is 11.8. The van der Waals surface area contributed by atoms with Crippen molar-refractivity contribution in [3.8, 4) is 0 Å². The molecule has 2 rings (SSSR count). The molecule has 100 valence electrons. The SMILES string of the molecule is CC(C)OCC(O)CN1CCSc2ccccc21. The van der Waals surface area contributed by atoms with Crippen LogP contribution in [0.5, 0.6) is 0 Å². The third kappa shape index (κ3) is 3.64. The molecule has 0 saturated heterocycles. The molecule has 4 heteroatoms. The van der Waals surface area contributed by atoms with Crippen molar-refractivity contribution in [1.82, 2.24) is 0 Å². The number of rotatable bonds is 5. The lowest BCUT2D eigenvalue weighted by Crippen LogP contribution is -2.38. The predicted octanol–water partition coefficient (Wildman–Crippen LogP) is 2.38. The van der Waals surface area contributed by atoms with Crippen molar-refractivity contribution in [2.24, 2.45) is 0 Å². The molecule has 0 spiro atoms. The fraction of sp³-hybridized carbons (Fsp3) is 0.571. The number of hydrogen-bond donors (Lipinski definition) is 1. The summed E-state index contributed by atoms with van der Waals surface area (Å²) in [5, 5.41) is 10.0. The fourth-order valence-electron chi connectivity index (χ4n) is 2.03. The van der Waals surface area contributed by atoms with E-state index in [1.54, 1.807) is 0 Å². The summed E-state index contributed by atoms with van der Waals surface area (Å²) in [6.07, 6.45) is -0.257. The van der Waals surface area contributed by atoms with Gasteiger partial charge in [0.15, 0.2) is 0 Å². The van der Waals surface area contributed by atoms with Crippen LogP contribution in [-0.4, -0.2) is 42.8 Å². The van der Waals surface area contributed by atoms with Crippen molar-refractivity contribution in [3.63, 3.8) is 0 Å². The summed E-state index contributed by atoms with van der Waals surface area (Å²) in [6.45, 7) is 6.01. The molecule has 1 heterocycles. The van der Waals surface area contributed by atoms with Gasteiger partial charge in [-0.2, -0.15) is 0 Å². The van der Waals surface area contributed by atoms with E-state index in [9.17, 15) is 5.11 Å². The Labute approximate surface area is 113 Å². The van der Waals surface area contributed by atoms with Gasteiger partial charge in [-0.15, -0.1) is 11.8 Å². The van der Waals surface area contributed by atoms with E-state index in [-0.39, 0.29) is 6.10 Å². The summed E-state index contributed by atoms with van der Waals surface area (Å²) < 4.78 is 5.45. The molecule has 0 aliphatic carbocycles. The van der Waals surface area contributed by atoms with E-state index in [2.05, 4.69) is 29.2 Å². The molecule has 1 aliphatic rings. The quantitative estimate of drug-likeness (QED) is 0.888. The largest absolute Gasteiger partial charge is 0.389 e. The summed E-state index contributed by atoms with van der Waals surface area (Å²) in [7, 11) is 0. The van der Waals surface area contributed by atoms with Gasteiger partial charge in [0.2, 0.25) is 0 Å². The summed E-state index contributed by atoms with van der Waals surface area (Å²) in [4.78, 5) is 3.56. The Morgan fingerprint density at radius 1 is 1.39 bits per heavy atom. The maximum absolute atomic E-state index is 10.0. The molecule has 1 aromatic carbocycles.